The van der Waals surface area contributed by atoms with Crippen molar-refractivity contribution < 1.29 is 9.59 Å². The molecule has 1 atom stereocenters. The molecule has 1 aromatic rings. The number of rotatable bonds is 3. The second-order valence-electron chi connectivity index (χ2n) is 4.65. The van der Waals surface area contributed by atoms with Gasteiger partial charge < -0.3 is 4.90 Å². The third-order valence-electron chi connectivity index (χ3n) is 3.29. The molecule has 0 radical (unpaired) electrons. The van der Waals surface area contributed by atoms with Gasteiger partial charge in [-0.25, -0.2) is 0 Å². The van der Waals surface area contributed by atoms with E-state index in [4.69, 9.17) is 11.6 Å². The highest BCUT2D eigenvalue weighted by Crippen LogP contribution is 2.19. The number of likely N-dealkylation sites (tertiary alicyclic amines) is 1. The molecule has 1 amide bonds. The monoisotopic (exact) mass is 265 g/mol. The van der Waals surface area contributed by atoms with E-state index in [0.29, 0.717) is 13.0 Å². The minimum atomic E-state index is -0.327. The normalized spacial score (nSPS) is 19.6. The van der Waals surface area contributed by atoms with Crippen LogP contribution in [0.15, 0.2) is 30.3 Å². The molecule has 1 saturated heterocycles. The summed E-state index contributed by atoms with van der Waals surface area (Å²) in [5.74, 6) is -0.121. The van der Waals surface area contributed by atoms with Crippen LogP contribution in [0.2, 0.25) is 0 Å². The fraction of sp³-hybridized carbons (Fsp3) is 0.429. The average Bonchev–Trinajstić information content (AvgIpc) is 2.40. The molecule has 1 heterocycles. The van der Waals surface area contributed by atoms with Gasteiger partial charge in [-0.1, -0.05) is 30.3 Å². The smallest absolute Gasteiger partial charge is 0.227 e. The van der Waals surface area contributed by atoms with E-state index in [0.717, 1.165) is 24.9 Å². The van der Waals surface area contributed by atoms with Crippen LogP contribution in [-0.2, 0) is 16.0 Å². The van der Waals surface area contributed by atoms with Crippen molar-refractivity contribution in [2.75, 3.05) is 13.1 Å². The van der Waals surface area contributed by atoms with Crippen LogP contribution in [0, 0.1) is 5.92 Å². The Balaban J connectivity index is 1.95. The zero-order valence-electron chi connectivity index (χ0n) is 10.1. The third kappa shape index (κ3) is 3.33. The predicted octanol–water partition coefficient (Wildman–Crippen LogP) is 2.23. The zero-order valence-corrected chi connectivity index (χ0v) is 10.9. The van der Waals surface area contributed by atoms with Gasteiger partial charge in [-0.05, 0) is 30.0 Å². The fourth-order valence-corrected chi connectivity index (χ4v) is 2.45. The van der Waals surface area contributed by atoms with Crippen LogP contribution in [0.3, 0.4) is 0 Å². The van der Waals surface area contributed by atoms with Crippen molar-refractivity contribution in [2.45, 2.75) is 19.3 Å². The number of piperidine rings is 1. The summed E-state index contributed by atoms with van der Waals surface area (Å²) in [6, 6.07) is 9.64. The number of hydrogen-bond donors (Lipinski definition) is 0. The Morgan fingerprint density at radius 1 is 1.28 bits per heavy atom. The molecule has 3 nitrogen and oxygen atoms in total. The molecule has 18 heavy (non-hydrogen) atoms. The summed E-state index contributed by atoms with van der Waals surface area (Å²) in [7, 11) is 0. The van der Waals surface area contributed by atoms with Crippen LogP contribution in [-0.4, -0.2) is 29.1 Å². The summed E-state index contributed by atoms with van der Waals surface area (Å²) in [6.07, 6.45) is 2.03. The molecule has 1 unspecified atom stereocenters. The molecule has 4 heteroatoms. The predicted molar refractivity (Wildman–Crippen MR) is 70.3 cm³/mol. The van der Waals surface area contributed by atoms with Crippen LogP contribution in [0.5, 0.6) is 0 Å². The van der Waals surface area contributed by atoms with E-state index in [-0.39, 0.29) is 17.1 Å². The lowest BCUT2D eigenvalue weighted by Gasteiger charge is -2.31. The first-order valence-electron chi connectivity index (χ1n) is 6.18. The van der Waals surface area contributed by atoms with Crippen molar-refractivity contribution in [3.8, 4) is 0 Å². The number of amides is 1. The Hall–Kier alpha value is -1.35. The Labute approximate surface area is 112 Å². The van der Waals surface area contributed by atoms with Crippen LogP contribution in [0.4, 0.5) is 0 Å². The fourth-order valence-electron chi connectivity index (χ4n) is 2.27. The molecular weight excluding hydrogens is 250 g/mol. The molecule has 0 saturated carbocycles. The van der Waals surface area contributed by atoms with Crippen molar-refractivity contribution in [3.05, 3.63) is 35.9 Å². The standard InChI is InChI=1S/C14H16ClNO2/c15-14(18)12-7-4-8-16(10-12)13(17)9-11-5-2-1-3-6-11/h1-3,5-6,12H,4,7-10H2. The van der Waals surface area contributed by atoms with Gasteiger partial charge in [0.15, 0.2) is 0 Å². The lowest BCUT2D eigenvalue weighted by Crippen LogP contribution is -2.42. The second kappa shape index (κ2) is 6.01. The molecule has 96 valence electrons. The average molecular weight is 266 g/mol. The van der Waals surface area contributed by atoms with Crippen molar-refractivity contribution in [3.63, 3.8) is 0 Å². The molecule has 1 aliphatic rings. The molecule has 0 spiro atoms. The Morgan fingerprint density at radius 2 is 2.00 bits per heavy atom. The maximum absolute atomic E-state index is 12.1. The van der Waals surface area contributed by atoms with E-state index >= 15 is 0 Å². The maximum Gasteiger partial charge on any atom is 0.227 e. The minimum Gasteiger partial charge on any atom is -0.342 e. The summed E-state index contributed by atoms with van der Waals surface area (Å²) >= 11 is 5.51. The zero-order chi connectivity index (χ0) is 13.0. The Morgan fingerprint density at radius 3 is 2.67 bits per heavy atom. The lowest BCUT2D eigenvalue weighted by atomic mass is 9.99. The summed E-state index contributed by atoms with van der Waals surface area (Å²) in [5.41, 5.74) is 1.00. The van der Waals surface area contributed by atoms with Gasteiger partial charge >= 0.3 is 0 Å². The number of nitrogens with zero attached hydrogens (tertiary/aromatic N) is 1. The van der Waals surface area contributed by atoms with Gasteiger partial charge in [0, 0.05) is 13.1 Å². The van der Waals surface area contributed by atoms with Crippen molar-refractivity contribution >= 4 is 22.8 Å². The van der Waals surface area contributed by atoms with Crippen LogP contribution >= 0.6 is 11.6 Å². The number of carbonyl (C=O) groups is 2. The van der Waals surface area contributed by atoms with Gasteiger partial charge in [0.05, 0.1) is 12.3 Å². The maximum atomic E-state index is 12.1. The molecule has 1 fully saturated rings. The van der Waals surface area contributed by atoms with E-state index in [1.54, 1.807) is 4.90 Å². The quantitative estimate of drug-likeness (QED) is 0.786. The van der Waals surface area contributed by atoms with Crippen LogP contribution < -0.4 is 0 Å². The third-order valence-corrected chi connectivity index (χ3v) is 3.60. The van der Waals surface area contributed by atoms with E-state index in [1.807, 2.05) is 30.3 Å². The van der Waals surface area contributed by atoms with E-state index in [1.165, 1.54) is 0 Å². The number of halogens is 1. The molecule has 1 aromatic carbocycles. The molecule has 0 N–H and O–H groups in total. The highest BCUT2D eigenvalue weighted by atomic mass is 35.5. The van der Waals surface area contributed by atoms with E-state index < -0.39 is 0 Å². The van der Waals surface area contributed by atoms with Crippen LogP contribution in [0.25, 0.3) is 0 Å². The van der Waals surface area contributed by atoms with Crippen LogP contribution in [0.1, 0.15) is 18.4 Å². The Kier molecular flexibility index (Phi) is 4.37. The van der Waals surface area contributed by atoms with Gasteiger partial charge in [-0.3, -0.25) is 9.59 Å². The highest BCUT2D eigenvalue weighted by molar-refractivity contribution is 6.64. The summed E-state index contributed by atoms with van der Waals surface area (Å²) in [4.78, 5) is 25.0. The lowest BCUT2D eigenvalue weighted by molar-refractivity contribution is -0.133. The SMILES string of the molecule is O=C(Cl)C1CCCN(C(=O)Cc2ccccc2)C1. The minimum absolute atomic E-state index is 0.0730. The van der Waals surface area contributed by atoms with Crippen molar-refractivity contribution in [1.29, 1.82) is 0 Å². The molecule has 1 aliphatic heterocycles. The number of carbonyl (C=O) groups excluding carboxylic acids is 2. The summed E-state index contributed by atoms with van der Waals surface area (Å²) in [6.45, 7) is 1.19. The molecular formula is C14H16ClNO2. The molecule has 0 aliphatic carbocycles. The topological polar surface area (TPSA) is 37.4 Å². The molecule has 0 bridgehead atoms. The van der Waals surface area contributed by atoms with E-state index in [9.17, 15) is 9.59 Å². The first-order chi connectivity index (χ1) is 8.66. The van der Waals surface area contributed by atoms with Gasteiger partial charge in [-0.2, -0.15) is 0 Å². The van der Waals surface area contributed by atoms with Gasteiger partial charge in [0.1, 0.15) is 0 Å². The number of benzene rings is 1. The molecule has 0 aromatic heterocycles. The first-order valence-corrected chi connectivity index (χ1v) is 6.55. The summed E-state index contributed by atoms with van der Waals surface area (Å²) < 4.78 is 0. The van der Waals surface area contributed by atoms with E-state index in [2.05, 4.69) is 0 Å². The van der Waals surface area contributed by atoms with Crippen molar-refractivity contribution in [2.24, 2.45) is 5.92 Å². The first kappa shape index (κ1) is 13.1. The van der Waals surface area contributed by atoms with Crippen molar-refractivity contribution in [1.82, 2.24) is 4.90 Å². The summed E-state index contributed by atoms with van der Waals surface area (Å²) in [5, 5.41) is -0.327. The highest BCUT2D eigenvalue weighted by Gasteiger charge is 2.27. The Bertz CT molecular complexity index is 433. The second-order valence-corrected chi connectivity index (χ2v) is 5.02. The van der Waals surface area contributed by atoms with Gasteiger partial charge in [-0.15, -0.1) is 0 Å². The number of hydrogen-bond acceptors (Lipinski definition) is 2. The largest absolute Gasteiger partial charge is 0.342 e. The molecule has 2 rings (SSSR count). The van der Waals surface area contributed by atoms with Gasteiger partial charge in [0.25, 0.3) is 0 Å². The van der Waals surface area contributed by atoms with Gasteiger partial charge in [0.2, 0.25) is 11.1 Å².